The van der Waals surface area contributed by atoms with Crippen LogP contribution in [-0.2, 0) is 9.31 Å². The van der Waals surface area contributed by atoms with Gasteiger partial charge in [0.2, 0.25) is 0 Å². The van der Waals surface area contributed by atoms with E-state index in [-0.39, 0.29) is 5.69 Å². The molecule has 1 aromatic rings. The van der Waals surface area contributed by atoms with Crippen LogP contribution in [0.2, 0.25) is 0 Å². The molecule has 18 heavy (non-hydrogen) atoms. The molecule has 98 valence electrons. The molecule has 1 aliphatic rings. The van der Waals surface area contributed by atoms with E-state index in [2.05, 4.69) is 5.23 Å². The molecule has 3 nitrogen and oxygen atoms in total. The Bertz CT molecular complexity index is 429. The standard InChI is InChI=1S/C12H16BF2NO2/c1-11(2)12(3,4)18-13(17-11)16-10-8(14)6-5-7-9(10)15/h5-7,16H,1-4H3. The minimum atomic E-state index is -0.874. The Morgan fingerprint density at radius 2 is 1.44 bits per heavy atom. The Balaban J connectivity index is 2.18. The van der Waals surface area contributed by atoms with Gasteiger partial charge in [0.05, 0.1) is 16.9 Å². The fourth-order valence-corrected chi connectivity index (χ4v) is 1.66. The van der Waals surface area contributed by atoms with Crippen LogP contribution in [0, 0.1) is 11.6 Å². The molecule has 1 aliphatic heterocycles. The highest BCUT2D eigenvalue weighted by atomic mass is 19.1. The maximum absolute atomic E-state index is 13.5. The molecule has 0 aromatic heterocycles. The van der Waals surface area contributed by atoms with Crippen LogP contribution in [0.4, 0.5) is 14.5 Å². The molecule has 0 amide bonds. The van der Waals surface area contributed by atoms with E-state index in [1.54, 1.807) is 0 Å². The molecule has 1 heterocycles. The minimum Gasteiger partial charge on any atom is -0.384 e. The topological polar surface area (TPSA) is 30.5 Å². The van der Waals surface area contributed by atoms with E-state index in [1.165, 1.54) is 18.2 Å². The quantitative estimate of drug-likeness (QED) is 0.824. The highest BCUT2D eigenvalue weighted by Gasteiger charge is 2.52. The summed E-state index contributed by atoms with van der Waals surface area (Å²) in [7, 11) is -0.874. The summed E-state index contributed by atoms with van der Waals surface area (Å²) >= 11 is 0. The van der Waals surface area contributed by atoms with Gasteiger partial charge in [0.25, 0.3) is 0 Å². The summed E-state index contributed by atoms with van der Waals surface area (Å²) in [6.45, 7) is 7.47. The lowest BCUT2D eigenvalue weighted by Crippen LogP contribution is -2.41. The molecule has 1 saturated heterocycles. The average molecular weight is 255 g/mol. The maximum Gasteiger partial charge on any atom is 0.591 e. The number of nitrogens with one attached hydrogen (secondary N) is 1. The van der Waals surface area contributed by atoms with Crippen LogP contribution < -0.4 is 5.23 Å². The van der Waals surface area contributed by atoms with Crippen LogP contribution >= 0.6 is 0 Å². The SMILES string of the molecule is CC1(C)OB(Nc2c(F)cccc2F)OC1(C)C. The van der Waals surface area contributed by atoms with Crippen LogP contribution in [0.25, 0.3) is 0 Å². The van der Waals surface area contributed by atoms with Crippen LogP contribution in [0.5, 0.6) is 0 Å². The highest BCUT2D eigenvalue weighted by Crippen LogP contribution is 2.37. The van der Waals surface area contributed by atoms with Gasteiger partial charge in [0, 0.05) is 0 Å². The molecule has 1 aromatic carbocycles. The summed E-state index contributed by atoms with van der Waals surface area (Å²) in [5.41, 5.74) is -1.34. The third-order valence-electron chi connectivity index (χ3n) is 3.48. The van der Waals surface area contributed by atoms with Crippen molar-refractivity contribution in [2.75, 3.05) is 5.23 Å². The van der Waals surface area contributed by atoms with E-state index in [0.29, 0.717) is 0 Å². The van der Waals surface area contributed by atoms with Crippen LogP contribution in [-0.4, -0.2) is 18.5 Å². The van der Waals surface area contributed by atoms with Gasteiger partial charge in [-0.2, -0.15) is 0 Å². The largest absolute Gasteiger partial charge is 0.591 e. The van der Waals surface area contributed by atoms with Crippen molar-refractivity contribution >= 4 is 12.9 Å². The summed E-state index contributed by atoms with van der Waals surface area (Å²) in [6.07, 6.45) is 0. The zero-order chi connectivity index (χ0) is 13.6. The van der Waals surface area contributed by atoms with Gasteiger partial charge in [-0.15, -0.1) is 0 Å². The molecule has 2 rings (SSSR count). The molecule has 0 aliphatic carbocycles. The summed E-state index contributed by atoms with van der Waals surface area (Å²) in [6, 6.07) is 3.66. The molecule has 0 bridgehead atoms. The number of benzene rings is 1. The molecule has 0 atom stereocenters. The number of hydrogen-bond acceptors (Lipinski definition) is 3. The minimum absolute atomic E-state index is 0.240. The van der Waals surface area contributed by atoms with Crippen molar-refractivity contribution in [3.8, 4) is 0 Å². The fraction of sp³-hybridized carbons (Fsp3) is 0.500. The second kappa shape index (κ2) is 4.21. The summed E-state index contributed by atoms with van der Waals surface area (Å²) < 4.78 is 38.2. The number of para-hydroxylation sites is 1. The van der Waals surface area contributed by atoms with Gasteiger partial charge in [-0.25, -0.2) is 8.78 Å². The molecular formula is C12H16BF2NO2. The van der Waals surface area contributed by atoms with Crippen molar-refractivity contribution in [3.63, 3.8) is 0 Å². The number of hydrogen-bond donors (Lipinski definition) is 1. The van der Waals surface area contributed by atoms with Crippen LogP contribution in [0.1, 0.15) is 27.7 Å². The van der Waals surface area contributed by atoms with Crippen molar-refractivity contribution in [1.29, 1.82) is 0 Å². The average Bonchev–Trinajstić information content (AvgIpc) is 2.42. The van der Waals surface area contributed by atoms with Gasteiger partial charge in [-0.3, -0.25) is 0 Å². The van der Waals surface area contributed by atoms with Gasteiger partial charge in [-0.1, -0.05) is 6.07 Å². The van der Waals surface area contributed by atoms with Gasteiger partial charge in [-0.05, 0) is 39.8 Å². The third-order valence-corrected chi connectivity index (χ3v) is 3.48. The van der Waals surface area contributed by atoms with Crippen molar-refractivity contribution in [1.82, 2.24) is 0 Å². The first-order valence-electron chi connectivity index (χ1n) is 5.79. The van der Waals surface area contributed by atoms with Gasteiger partial charge < -0.3 is 14.5 Å². The Morgan fingerprint density at radius 1 is 1.00 bits per heavy atom. The normalized spacial score (nSPS) is 21.1. The Hall–Kier alpha value is -1.14. The Morgan fingerprint density at radius 3 is 1.89 bits per heavy atom. The fourth-order valence-electron chi connectivity index (χ4n) is 1.66. The molecular weight excluding hydrogens is 239 g/mol. The molecule has 1 fully saturated rings. The van der Waals surface area contributed by atoms with E-state index in [9.17, 15) is 8.78 Å². The lowest BCUT2D eigenvalue weighted by atomic mass is 9.90. The smallest absolute Gasteiger partial charge is 0.384 e. The lowest BCUT2D eigenvalue weighted by molar-refractivity contribution is 0.00578. The molecule has 0 radical (unpaired) electrons. The third kappa shape index (κ3) is 2.22. The van der Waals surface area contributed by atoms with Gasteiger partial charge >= 0.3 is 7.25 Å². The second-order valence-corrected chi connectivity index (χ2v) is 5.33. The van der Waals surface area contributed by atoms with E-state index >= 15 is 0 Å². The van der Waals surface area contributed by atoms with Crippen LogP contribution in [0.15, 0.2) is 18.2 Å². The van der Waals surface area contributed by atoms with E-state index in [0.717, 1.165) is 0 Å². The van der Waals surface area contributed by atoms with Crippen molar-refractivity contribution in [2.24, 2.45) is 0 Å². The first-order chi connectivity index (χ1) is 8.23. The van der Waals surface area contributed by atoms with E-state index in [1.807, 2.05) is 27.7 Å². The number of anilines is 1. The second-order valence-electron chi connectivity index (χ2n) is 5.33. The highest BCUT2D eigenvalue weighted by molar-refractivity contribution is 6.49. The monoisotopic (exact) mass is 255 g/mol. The van der Waals surface area contributed by atoms with Crippen molar-refractivity contribution < 1.29 is 18.1 Å². The Kier molecular flexibility index (Phi) is 3.11. The zero-order valence-electron chi connectivity index (χ0n) is 10.9. The number of halogens is 2. The number of rotatable bonds is 2. The van der Waals surface area contributed by atoms with Crippen molar-refractivity contribution in [3.05, 3.63) is 29.8 Å². The summed E-state index contributed by atoms with van der Waals surface area (Å²) in [4.78, 5) is 0. The first kappa shape index (κ1) is 13.3. The molecule has 0 spiro atoms. The lowest BCUT2D eigenvalue weighted by Gasteiger charge is -2.32. The first-order valence-corrected chi connectivity index (χ1v) is 5.79. The molecule has 0 unspecified atom stereocenters. The predicted octanol–water partition coefficient (Wildman–Crippen LogP) is 2.97. The maximum atomic E-state index is 13.5. The van der Waals surface area contributed by atoms with E-state index < -0.39 is 30.1 Å². The van der Waals surface area contributed by atoms with E-state index in [4.69, 9.17) is 9.31 Å². The zero-order valence-corrected chi connectivity index (χ0v) is 10.9. The van der Waals surface area contributed by atoms with Gasteiger partial charge in [0.1, 0.15) is 11.6 Å². The summed E-state index contributed by atoms with van der Waals surface area (Å²) in [5.74, 6) is -1.35. The molecule has 0 saturated carbocycles. The predicted molar refractivity (Wildman–Crippen MR) is 66.1 cm³/mol. The Labute approximate surface area is 106 Å². The van der Waals surface area contributed by atoms with Crippen molar-refractivity contribution in [2.45, 2.75) is 38.9 Å². The molecule has 1 N–H and O–H groups in total. The molecule has 6 heteroatoms. The van der Waals surface area contributed by atoms with Gasteiger partial charge in [0.15, 0.2) is 0 Å². The summed E-state index contributed by atoms with van der Waals surface area (Å²) in [5, 5.41) is 2.59. The van der Waals surface area contributed by atoms with Crippen LogP contribution in [0.3, 0.4) is 0 Å².